The zero-order chi connectivity index (χ0) is 18.0. The van der Waals surface area contributed by atoms with E-state index in [1.54, 1.807) is 30.3 Å². The number of carbonyl (C=O) groups excluding carboxylic acids is 2. The summed E-state index contributed by atoms with van der Waals surface area (Å²) in [6.45, 7) is 0.894. The van der Waals surface area contributed by atoms with E-state index in [0.717, 1.165) is 30.6 Å². The van der Waals surface area contributed by atoms with Crippen LogP contribution in [0.1, 0.15) is 22.3 Å². The number of nitrogens with zero attached hydrogens (tertiary/aromatic N) is 1. The van der Waals surface area contributed by atoms with Crippen LogP contribution in [0.15, 0.2) is 36.4 Å². The molecule has 2 aromatic rings. The summed E-state index contributed by atoms with van der Waals surface area (Å²) >= 11 is 12.0. The minimum atomic E-state index is -0.448. The minimum absolute atomic E-state index is 0.161. The maximum atomic E-state index is 12.4. The quantitative estimate of drug-likeness (QED) is 0.855. The fraction of sp³-hybridized carbons (Fsp3) is 0.222. The SMILES string of the molecule is NC(=O)c1cccc2c1CCCN2CC(=O)Nc1ccc(Cl)cc1Cl. The van der Waals surface area contributed by atoms with Gasteiger partial charge in [-0.15, -0.1) is 0 Å². The van der Waals surface area contributed by atoms with Gasteiger partial charge in [-0.05, 0) is 48.7 Å². The lowest BCUT2D eigenvalue weighted by Gasteiger charge is -2.31. The van der Waals surface area contributed by atoms with Crippen molar-refractivity contribution in [3.8, 4) is 0 Å². The highest BCUT2D eigenvalue weighted by Crippen LogP contribution is 2.30. The molecule has 0 radical (unpaired) electrons. The van der Waals surface area contributed by atoms with E-state index in [4.69, 9.17) is 28.9 Å². The Labute approximate surface area is 155 Å². The zero-order valence-corrected chi connectivity index (χ0v) is 14.9. The minimum Gasteiger partial charge on any atom is -0.366 e. The first kappa shape index (κ1) is 17.6. The molecule has 0 bridgehead atoms. The maximum absolute atomic E-state index is 12.4. The molecule has 3 N–H and O–H groups in total. The van der Waals surface area contributed by atoms with Crippen molar-refractivity contribution in [2.75, 3.05) is 23.3 Å². The van der Waals surface area contributed by atoms with Crippen LogP contribution in [0.25, 0.3) is 0 Å². The van der Waals surface area contributed by atoms with Gasteiger partial charge in [0, 0.05) is 22.8 Å². The predicted octanol–water partition coefficient (Wildman–Crippen LogP) is 3.48. The molecule has 1 aliphatic heterocycles. The summed E-state index contributed by atoms with van der Waals surface area (Å²) in [5.74, 6) is -0.641. The Morgan fingerprint density at radius 1 is 1.20 bits per heavy atom. The number of hydrogen-bond acceptors (Lipinski definition) is 3. The lowest BCUT2D eigenvalue weighted by atomic mass is 9.96. The van der Waals surface area contributed by atoms with E-state index in [1.165, 1.54) is 0 Å². The largest absolute Gasteiger partial charge is 0.366 e. The molecule has 25 heavy (non-hydrogen) atoms. The van der Waals surface area contributed by atoms with E-state index >= 15 is 0 Å². The molecule has 1 aliphatic rings. The molecule has 130 valence electrons. The smallest absolute Gasteiger partial charge is 0.249 e. The van der Waals surface area contributed by atoms with Crippen molar-refractivity contribution in [2.24, 2.45) is 5.73 Å². The lowest BCUT2D eigenvalue weighted by molar-refractivity contribution is -0.115. The maximum Gasteiger partial charge on any atom is 0.249 e. The van der Waals surface area contributed by atoms with Crippen LogP contribution < -0.4 is 16.0 Å². The summed E-state index contributed by atoms with van der Waals surface area (Å²) in [4.78, 5) is 26.0. The summed E-state index contributed by atoms with van der Waals surface area (Å²) in [6.07, 6.45) is 1.63. The summed E-state index contributed by atoms with van der Waals surface area (Å²) in [5, 5.41) is 3.68. The molecule has 7 heteroatoms. The van der Waals surface area contributed by atoms with Crippen LogP contribution in [-0.4, -0.2) is 24.9 Å². The third-order valence-electron chi connectivity index (χ3n) is 4.15. The molecule has 0 atom stereocenters. The summed E-state index contributed by atoms with van der Waals surface area (Å²) in [6, 6.07) is 10.3. The highest BCUT2D eigenvalue weighted by molar-refractivity contribution is 6.36. The van der Waals surface area contributed by atoms with Gasteiger partial charge in [0.1, 0.15) is 0 Å². The normalized spacial score (nSPS) is 13.3. The number of hydrogen-bond donors (Lipinski definition) is 2. The lowest BCUT2D eigenvalue weighted by Crippen LogP contribution is -2.37. The van der Waals surface area contributed by atoms with Gasteiger partial charge < -0.3 is 16.0 Å². The molecule has 0 unspecified atom stereocenters. The van der Waals surface area contributed by atoms with Gasteiger partial charge in [0.15, 0.2) is 0 Å². The zero-order valence-electron chi connectivity index (χ0n) is 13.4. The van der Waals surface area contributed by atoms with E-state index in [1.807, 2.05) is 11.0 Å². The van der Waals surface area contributed by atoms with Gasteiger partial charge in [0.05, 0.1) is 17.3 Å². The van der Waals surface area contributed by atoms with Crippen LogP contribution in [-0.2, 0) is 11.2 Å². The number of nitrogens with one attached hydrogen (secondary N) is 1. The van der Waals surface area contributed by atoms with E-state index in [9.17, 15) is 9.59 Å². The predicted molar refractivity (Wildman–Crippen MR) is 101 cm³/mol. The van der Waals surface area contributed by atoms with Gasteiger partial charge in [0.2, 0.25) is 11.8 Å². The molecule has 2 amide bonds. The van der Waals surface area contributed by atoms with Crippen LogP contribution in [0.3, 0.4) is 0 Å². The number of benzene rings is 2. The van der Waals surface area contributed by atoms with Gasteiger partial charge in [-0.1, -0.05) is 29.3 Å². The van der Waals surface area contributed by atoms with Crippen molar-refractivity contribution < 1.29 is 9.59 Å². The molecule has 2 aromatic carbocycles. The Balaban J connectivity index is 1.77. The van der Waals surface area contributed by atoms with Crippen molar-refractivity contribution in [3.05, 3.63) is 57.6 Å². The highest BCUT2D eigenvalue weighted by atomic mass is 35.5. The molecule has 0 spiro atoms. The number of amides is 2. The number of fused-ring (bicyclic) bond motifs is 1. The third-order valence-corrected chi connectivity index (χ3v) is 4.70. The van der Waals surface area contributed by atoms with Gasteiger partial charge >= 0.3 is 0 Å². The Bertz CT molecular complexity index is 839. The number of rotatable bonds is 4. The van der Waals surface area contributed by atoms with Crippen molar-refractivity contribution in [1.29, 1.82) is 0 Å². The van der Waals surface area contributed by atoms with Crippen LogP contribution in [0.4, 0.5) is 11.4 Å². The van der Waals surface area contributed by atoms with Crippen molar-refractivity contribution in [3.63, 3.8) is 0 Å². The average Bonchev–Trinajstić information content (AvgIpc) is 2.57. The molecular formula is C18H17Cl2N3O2. The summed E-state index contributed by atoms with van der Waals surface area (Å²) in [5.41, 5.74) is 8.26. The van der Waals surface area contributed by atoms with Crippen LogP contribution >= 0.6 is 23.2 Å². The second-order valence-corrected chi connectivity index (χ2v) is 6.71. The van der Waals surface area contributed by atoms with E-state index < -0.39 is 5.91 Å². The second kappa shape index (κ2) is 7.33. The fourth-order valence-electron chi connectivity index (χ4n) is 3.05. The van der Waals surface area contributed by atoms with E-state index in [2.05, 4.69) is 5.32 Å². The van der Waals surface area contributed by atoms with Gasteiger partial charge in [-0.3, -0.25) is 9.59 Å². The molecule has 3 rings (SSSR count). The molecular weight excluding hydrogens is 361 g/mol. The molecule has 0 saturated heterocycles. The number of nitrogens with two attached hydrogens (primary N) is 1. The fourth-order valence-corrected chi connectivity index (χ4v) is 3.51. The first-order chi connectivity index (χ1) is 12.0. The van der Waals surface area contributed by atoms with Gasteiger partial charge in [-0.25, -0.2) is 0 Å². The standard InChI is InChI=1S/C18H17Cl2N3O2/c19-11-6-7-15(14(20)9-11)22-17(24)10-23-8-2-4-12-13(18(21)25)3-1-5-16(12)23/h1,3,5-7,9H,2,4,8,10H2,(H2,21,25)(H,22,24). The van der Waals surface area contributed by atoms with Crippen LogP contribution in [0, 0.1) is 0 Å². The molecule has 0 saturated carbocycles. The number of carbonyl (C=O) groups is 2. The summed E-state index contributed by atoms with van der Waals surface area (Å²) in [7, 11) is 0. The van der Waals surface area contributed by atoms with Crippen molar-refractivity contribution >= 4 is 46.4 Å². The monoisotopic (exact) mass is 377 g/mol. The topological polar surface area (TPSA) is 75.4 Å². The van der Waals surface area contributed by atoms with E-state index in [-0.39, 0.29) is 12.5 Å². The summed E-state index contributed by atoms with van der Waals surface area (Å²) < 4.78 is 0. The highest BCUT2D eigenvalue weighted by Gasteiger charge is 2.23. The van der Waals surface area contributed by atoms with Crippen molar-refractivity contribution in [2.45, 2.75) is 12.8 Å². The van der Waals surface area contributed by atoms with Crippen LogP contribution in [0.5, 0.6) is 0 Å². The molecule has 0 aromatic heterocycles. The van der Waals surface area contributed by atoms with Crippen LogP contribution in [0.2, 0.25) is 10.0 Å². The first-order valence-electron chi connectivity index (χ1n) is 7.87. The Morgan fingerprint density at radius 3 is 2.72 bits per heavy atom. The third kappa shape index (κ3) is 3.89. The first-order valence-corrected chi connectivity index (χ1v) is 8.63. The number of halogens is 2. The van der Waals surface area contributed by atoms with Gasteiger partial charge in [-0.2, -0.15) is 0 Å². The molecule has 1 heterocycles. The van der Waals surface area contributed by atoms with Gasteiger partial charge in [0.25, 0.3) is 0 Å². The molecule has 5 nitrogen and oxygen atoms in total. The van der Waals surface area contributed by atoms with Crippen molar-refractivity contribution in [1.82, 2.24) is 0 Å². The second-order valence-electron chi connectivity index (χ2n) is 5.86. The molecule has 0 aliphatic carbocycles. The Kier molecular flexibility index (Phi) is 5.16. The number of anilines is 2. The van der Waals surface area contributed by atoms with E-state index in [0.29, 0.717) is 21.3 Å². The Morgan fingerprint density at radius 2 is 2.00 bits per heavy atom. The average molecular weight is 378 g/mol. The number of primary amides is 1. The molecule has 0 fully saturated rings. The Hall–Kier alpha value is -2.24.